The van der Waals surface area contributed by atoms with E-state index in [1.165, 1.54) is 12.1 Å². The fraction of sp³-hybridized carbons (Fsp3) is 0.111. The maximum Gasteiger partial charge on any atom is 0.335 e. The zero-order valence-corrected chi connectivity index (χ0v) is 18.4. The Hall–Kier alpha value is -3.70. The van der Waals surface area contributed by atoms with E-state index in [4.69, 9.17) is 16.3 Å². The Labute approximate surface area is 195 Å². The summed E-state index contributed by atoms with van der Waals surface area (Å²) in [6.45, 7) is 3.51. The van der Waals surface area contributed by atoms with Crippen molar-refractivity contribution in [3.8, 4) is 5.75 Å². The number of hydrogen-bond acceptors (Lipinski definition) is 3. The molecular formula is C27H20ClFN2O2. The fourth-order valence-corrected chi connectivity index (χ4v) is 4.37. The molecule has 5 rings (SSSR count). The molecule has 1 aliphatic carbocycles. The van der Waals surface area contributed by atoms with E-state index in [-0.39, 0.29) is 11.7 Å². The number of hydrogen-bond donors (Lipinski definition) is 1. The van der Waals surface area contributed by atoms with Crippen molar-refractivity contribution < 1.29 is 13.9 Å². The first-order valence-corrected chi connectivity index (χ1v) is 11.0. The quantitative estimate of drug-likeness (QED) is 0.149. The van der Waals surface area contributed by atoms with Gasteiger partial charge in [-0.05, 0) is 71.4 Å². The van der Waals surface area contributed by atoms with Gasteiger partial charge in [0.15, 0.2) is 0 Å². The second-order valence-electron chi connectivity index (χ2n) is 7.98. The number of allylic oxidation sites excluding steroid dienone is 1. The number of aromatic amines is 1. The van der Waals surface area contributed by atoms with Crippen molar-refractivity contribution in [3.63, 3.8) is 0 Å². The van der Waals surface area contributed by atoms with Crippen LogP contribution in [0.5, 0.6) is 5.75 Å². The Morgan fingerprint density at radius 2 is 1.94 bits per heavy atom. The molecule has 0 radical (unpaired) electrons. The van der Waals surface area contributed by atoms with Crippen LogP contribution < -0.4 is 4.74 Å². The van der Waals surface area contributed by atoms with Crippen molar-refractivity contribution in [3.05, 3.63) is 107 Å². The predicted octanol–water partition coefficient (Wildman–Crippen LogP) is 6.82. The SMILES string of the molecule is C=CC(=O)Oc1ccccc1/C(=C(/c1ccc(F)cc1Cl)C1CC1)c1ccc2[nH]ncc2c1. The molecule has 4 aromatic rings. The third-order valence-corrected chi connectivity index (χ3v) is 6.05. The standard InChI is InChI=1S/C27H20ClFN2O2/c1-2-25(32)33-24-6-4-3-5-21(24)27(17-9-12-23-18(13-17)15-30-31-23)26(16-7-8-16)20-11-10-19(29)14-22(20)28/h2-6,9-16H,1,7-8H2,(H,30,31)/b27-26+. The molecular weight excluding hydrogens is 439 g/mol. The summed E-state index contributed by atoms with van der Waals surface area (Å²) in [5, 5.41) is 8.40. The van der Waals surface area contributed by atoms with Gasteiger partial charge in [0.1, 0.15) is 11.6 Å². The number of benzene rings is 3. The van der Waals surface area contributed by atoms with Crippen LogP contribution in [0.25, 0.3) is 22.0 Å². The van der Waals surface area contributed by atoms with Gasteiger partial charge < -0.3 is 4.74 Å². The topological polar surface area (TPSA) is 55.0 Å². The second kappa shape index (κ2) is 8.68. The van der Waals surface area contributed by atoms with Crippen LogP contribution in [0.15, 0.2) is 79.5 Å². The minimum Gasteiger partial charge on any atom is -0.423 e. The Morgan fingerprint density at radius 1 is 1.12 bits per heavy atom. The van der Waals surface area contributed by atoms with Crippen LogP contribution in [-0.2, 0) is 4.79 Å². The highest BCUT2D eigenvalue weighted by Crippen LogP contribution is 2.50. The molecule has 164 valence electrons. The maximum atomic E-state index is 13.9. The fourth-order valence-electron chi connectivity index (χ4n) is 4.11. The molecule has 1 heterocycles. The van der Waals surface area contributed by atoms with Crippen molar-refractivity contribution in [2.24, 2.45) is 5.92 Å². The van der Waals surface area contributed by atoms with Gasteiger partial charge in [-0.15, -0.1) is 0 Å². The Balaban J connectivity index is 1.83. The summed E-state index contributed by atoms with van der Waals surface area (Å²) in [6, 6.07) is 17.9. The van der Waals surface area contributed by atoms with E-state index in [2.05, 4.69) is 16.8 Å². The lowest BCUT2D eigenvalue weighted by Gasteiger charge is -2.20. The van der Waals surface area contributed by atoms with Gasteiger partial charge in [0.2, 0.25) is 0 Å². The van der Waals surface area contributed by atoms with Gasteiger partial charge in [0.05, 0.1) is 16.7 Å². The van der Waals surface area contributed by atoms with E-state index in [9.17, 15) is 9.18 Å². The number of ether oxygens (including phenoxy) is 1. The van der Waals surface area contributed by atoms with Crippen molar-refractivity contribution in [1.82, 2.24) is 10.2 Å². The zero-order chi connectivity index (χ0) is 22.9. The third kappa shape index (κ3) is 4.20. The van der Waals surface area contributed by atoms with Crippen LogP contribution in [0.2, 0.25) is 5.02 Å². The maximum absolute atomic E-state index is 13.9. The molecule has 0 saturated heterocycles. The van der Waals surface area contributed by atoms with Crippen molar-refractivity contribution in [2.45, 2.75) is 12.8 Å². The molecule has 0 spiro atoms. The number of nitrogens with zero attached hydrogens (tertiary/aromatic N) is 1. The average molecular weight is 459 g/mol. The van der Waals surface area contributed by atoms with Crippen LogP contribution in [0.3, 0.4) is 0 Å². The molecule has 3 aromatic carbocycles. The minimum absolute atomic E-state index is 0.256. The molecule has 0 aliphatic heterocycles. The van der Waals surface area contributed by atoms with Crippen LogP contribution in [0.4, 0.5) is 4.39 Å². The zero-order valence-electron chi connectivity index (χ0n) is 17.6. The minimum atomic E-state index is -0.542. The van der Waals surface area contributed by atoms with Gasteiger partial charge in [0.25, 0.3) is 0 Å². The monoisotopic (exact) mass is 458 g/mol. The molecule has 1 aromatic heterocycles. The number of fused-ring (bicyclic) bond motifs is 1. The molecule has 4 nitrogen and oxygen atoms in total. The smallest absolute Gasteiger partial charge is 0.335 e. The van der Waals surface area contributed by atoms with E-state index in [1.807, 2.05) is 36.4 Å². The third-order valence-electron chi connectivity index (χ3n) is 5.74. The van der Waals surface area contributed by atoms with Gasteiger partial charge in [-0.3, -0.25) is 5.10 Å². The number of rotatable bonds is 6. The van der Waals surface area contributed by atoms with Crippen molar-refractivity contribution in [1.29, 1.82) is 0 Å². The average Bonchev–Trinajstić information content (AvgIpc) is 3.54. The molecule has 0 atom stereocenters. The summed E-state index contributed by atoms with van der Waals surface area (Å²) >= 11 is 6.55. The van der Waals surface area contributed by atoms with E-state index < -0.39 is 5.97 Å². The molecule has 1 N–H and O–H groups in total. The van der Waals surface area contributed by atoms with Gasteiger partial charge in [-0.25, -0.2) is 9.18 Å². The summed E-state index contributed by atoms with van der Waals surface area (Å²) in [5.41, 5.74) is 5.25. The summed E-state index contributed by atoms with van der Waals surface area (Å²) in [5.74, 6) is -0.257. The van der Waals surface area contributed by atoms with Gasteiger partial charge >= 0.3 is 5.97 Å². The highest BCUT2D eigenvalue weighted by molar-refractivity contribution is 6.33. The molecule has 0 amide bonds. The lowest BCUT2D eigenvalue weighted by Crippen LogP contribution is -2.06. The van der Waals surface area contributed by atoms with Gasteiger partial charge in [-0.1, -0.05) is 48.5 Å². The molecule has 0 unspecified atom stereocenters. The van der Waals surface area contributed by atoms with Crippen LogP contribution in [0, 0.1) is 11.7 Å². The molecule has 1 fully saturated rings. The number of aromatic nitrogens is 2. The number of para-hydroxylation sites is 1. The number of carbonyl (C=O) groups excluding carboxylic acids is 1. The summed E-state index contributed by atoms with van der Waals surface area (Å²) < 4.78 is 19.5. The van der Waals surface area contributed by atoms with Crippen LogP contribution in [0.1, 0.15) is 29.5 Å². The van der Waals surface area contributed by atoms with Gasteiger partial charge in [-0.2, -0.15) is 5.10 Å². The van der Waals surface area contributed by atoms with Gasteiger partial charge in [0, 0.05) is 17.0 Å². The lowest BCUT2D eigenvalue weighted by atomic mass is 9.86. The van der Waals surface area contributed by atoms with Crippen molar-refractivity contribution in [2.75, 3.05) is 0 Å². The summed E-state index contributed by atoms with van der Waals surface area (Å²) in [6.07, 6.45) is 4.89. The highest BCUT2D eigenvalue weighted by atomic mass is 35.5. The molecule has 1 saturated carbocycles. The molecule has 1 aliphatic rings. The Kier molecular flexibility index (Phi) is 5.56. The Bertz CT molecular complexity index is 1420. The number of H-pyrrole nitrogens is 1. The number of esters is 1. The number of halogens is 2. The first-order valence-electron chi connectivity index (χ1n) is 10.6. The van der Waals surface area contributed by atoms with Crippen LogP contribution in [-0.4, -0.2) is 16.2 Å². The highest BCUT2D eigenvalue weighted by Gasteiger charge is 2.32. The number of carbonyl (C=O) groups is 1. The first kappa shape index (κ1) is 21.2. The molecule has 0 bridgehead atoms. The van der Waals surface area contributed by atoms with E-state index >= 15 is 0 Å². The lowest BCUT2D eigenvalue weighted by molar-refractivity contribution is -0.128. The van der Waals surface area contributed by atoms with Crippen LogP contribution >= 0.6 is 11.6 Å². The largest absolute Gasteiger partial charge is 0.423 e. The van der Waals surface area contributed by atoms with E-state index in [0.29, 0.717) is 10.8 Å². The first-order chi connectivity index (χ1) is 16.0. The molecule has 33 heavy (non-hydrogen) atoms. The summed E-state index contributed by atoms with van der Waals surface area (Å²) in [4.78, 5) is 12.1. The normalized spacial score (nSPS) is 14.1. The molecule has 6 heteroatoms. The predicted molar refractivity (Wildman–Crippen MR) is 128 cm³/mol. The Morgan fingerprint density at radius 3 is 2.70 bits per heavy atom. The van der Waals surface area contributed by atoms with E-state index in [0.717, 1.165) is 57.7 Å². The number of nitrogens with one attached hydrogen (secondary N) is 1. The van der Waals surface area contributed by atoms with Crippen molar-refractivity contribution >= 4 is 39.6 Å². The summed E-state index contributed by atoms with van der Waals surface area (Å²) in [7, 11) is 0. The second-order valence-corrected chi connectivity index (χ2v) is 8.39. The van der Waals surface area contributed by atoms with E-state index in [1.54, 1.807) is 18.3 Å².